The van der Waals surface area contributed by atoms with Crippen molar-refractivity contribution in [2.45, 2.75) is 44.2 Å². The topological polar surface area (TPSA) is 27.1 Å². The molecule has 1 fully saturated rings. The second-order valence-corrected chi connectivity index (χ2v) is 7.19. The molecular formula is C15H18ClIN2O. The van der Waals surface area contributed by atoms with Crippen LogP contribution >= 0.6 is 34.2 Å². The van der Waals surface area contributed by atoms with Gasteiger partial charge in [0.15, 0.2) is 0 Å². The summed E-state index contributed by atoms with van der Waals surface area (Å²) >= 11 is 8.64. The summed E-state index contributed by atoms with van der Waals surface area (Å²) in [5.41, 5.74) is 2.23. The molecule has 1 heterocycles. The second-order valence-electron chi connectivity index (χ2n) is 5.29. The molecule has 1 aliphatic carbocycles. The van der Waals surface area contributed by atoms with E-state index >= 15 is 0 Å². The van der Waals surface area contributed by atoms with Gasteiger partial charge in [-0.3, -0.25) is 0 Å². The first-order chi connectivity index (χ1) is 9.60. The van der Waals surface area contributed by atoms with Gasteiger partial charge in [0.2, 0.25) is 0 Å². The van der Waals surface area contributed by atoms with Gasteiger partial charge in [0.1, 0.15) is 5.82 Å². The van der Waals surface area contributed by atoms with Crippen molar-refractivity contribution >= 4 is 45.2 Å². The van der Waals surface area contributed by atoms with Crippen LogP contribution in [0.2, 0.25) is 0 Å². The number of benzene rings is 1. The Balaban J connectivity index is 1.98. The summed E-state index contributed by atoms with van der Waals surface area (Å²) in [7, 11) is 0. The number of alkyl halides is 1. The molecule has 1 aliphatic rings. The molecule has 0 saturated heterocycles. The van der Waals surface area contributed by atoms with E-state index in [-0.39, 0.29) is 5.38 Å². The van der Waals surface area contributed by atoms with Gasteiger partial charge in [-0.1, -0.05) is 0 Å². The Labute approximate surface area is 137 Å². The predicted octanol–water partition coefficient (Wildman–Crippen LogP) is 4.68. The maximum atomic E-state index is 6.33. The third-order valence-electron chi connectivity index (χ3n) is 3.87. The molecule has 0 aliphatic heterocycles. The predicted molar refractivity (Wildman–Crippen MR) is 90.4 cm³/mol. The number of aromatic nitrogens is 2. The molecule has 5 heteroatoms. The quantitative estimate of drug-likeness (QED) is 0.546. The molecular weight excluding hydrogens is 387 g/mol. The molecule has 1 saturated carbocycles. The standard InChI is InChI=1S/C15H18ClIN2O/c1-3-20-12-7-11(8-12)19-14-5-4-10(17)6-13(14)18-15(19)9(2)16/h4-6,9,11-12H,3,7-8H2,1-2H3. The molecule has 0 N–H and O–H groups in total. The van der Waals surface area contributed by atoms with Gasteiger partial charge in [-0.05, 0) is 67.5 Å². The number of fused-ring (bicyclic) bond motifs is 1. The van der Waals surface area contributed by atoms with Crippen LogP contribution in [0, 0.1) is 3.57 Å². The number of rotatable bonds is 4. The summed E-state index contributed by atoms with van der Waals surface area (Å²) < 4.78 is 9.19. The van der Waals surface area contributed by atoms with Crippen molar-refractivity contribution in [3.63, 3.8) is 0 Å². The lowest BCUT2D eigenvalue weighted by atomic mass is 9.88. The Morgan fingerprint density at radius 2 is 2.25 bits per heavy atom. The maximum Gasteiger partial charge on any atom is 0.127 e. The second kappa shape index (κ2) is 5.81. The van der Waals surface area contributed by atoms with Crippen LogP contribution in [-0.2, 0) is 4.74 Å². The molecule has 1 atom stereocenters. The first-order valence-electron chi connectivity index (χ1n) is 7.03. The van der Waals surface area contributed by atoms with Crippen LogP contribution in [0.5, 0.6) is 0 Å². The molecule has 20 heavy (non-hydrogen) atoms. The van der Waals surface area contributed by atoms with Crippen molar-refractivity contribution < 1.29 is 4.74 Å². The van der Waals surface area contributed by atoms with Crippen molar-refractivity contribution in [3.8, 4) is 0 Å². The molecule has 1 aromatic carbocycles. The van der Waals surface area contributed by atoms with E-state index in [0.29, 0.717) is 12.1 Å². The van der Waals surface area contributed by atoms with E-state index in [9.17, 15) is 0 Å². The van der Waals surface area contributed by atoms with Gasteiger partial charge < -0.3 is 9.30 Å². The zero-order valence-electron chi connectivity index (χ0n) is 11.6. The Bertz CT molecular complexity index is 620. The molecule has 3 rings (SSSR count). The largest absolute Gasteiger partial charge is 0.378 e. The third kappa shape index (κ3) is 2.57. The number of hydrogen-bond acceptors (Lipinski definition) is 2. The van der Waals surface area contributed by atoms with Gasteiger partial charge in [-0.15, -0.1) is 11.6 Å². The number of halogens is 2. The summed E-state index contributed by atoms with van der Waals surface area (Å²) in [6.45, 7) is 4.83. The van der Waals surface area contributed by atoms with Crippen LogP contribution in [0.3, 0.4) is 0 Å². The highest BCUT2D eigenvalue weighted by atomic mass is 127. The van der Waals surface area contributed by atoms with E-state index in [1.807, 2.05) is 13.8 Å². The van der Waals surface area contributed by atoms with E-state index < -0.39 is 0 Å². The summed E-state index contributed by atoms with van der Waals surface area (Å²) in [4.78, 5) is 4.73. The monoisotopic (exact) mass is 404 g/mol. The first kappa shape index (κ1) is 14.6. The fourth-order valence-electron chi connectivity index (χ4n) is 2.88. The van der Waals surface area contributed by atoms with Crippen LogP contribution in [0.1, 0.15) is 43.9 Å². The Hall–Kier alpha value is -0.330. The Morgan fingerprint density at radius 1 is 1.50 bits per heavy atom. The molecule has 0 bridgehead atoms. The lowest BCUT2D eigenvalue weighted by Crippen LogP contribution is -2.34. The van der Waals surface area contributed by atoms with Gasteiger partial charge in [-0.25, -0.2) is 4.98 Å². The zero-order valence-corrected chi connectivity index (χ0v) is 14.6. The average Bonchev–Trinajstić information content (AvgIpc) is 2.71. The highest BCUT2D eigenvalue weighted by Crippen LogP contribution is 2.39. The first-order valence-corrected chi connectivity index (χ1v) is 8.54. The van der Waals surface area contributed by atoms with Crippen molar-refractivity contribution in [1.82, 2.24) is 9.55 Å². The molecule has 0 radical (unpaired) electrons. The van der Waals surface area contributed by atoms with Crippen LogP contribution in [0.4, 0.5) is 0 Å². The van der Waals surface area contributed by atoms with Crippen LogP contribution in [-0.4, -0.2) is 22.3 Å². The fourth-order valence-corrected chi connectivity index (χ4v) is 3.50. The minimum atomic E-state index is -0.0776. The minimum Gasteiger partial charge on any atom is -0.378 e. The highest BCUT2D eigenvalue weighted by Gasteiger charge is 2.34. The normalized spacial score (nSPS) is 23.8. The molecule has 1 unspecified atom stereocenters. The zero-order chi connectivity index (χ0) is 14.3. The lowest BCUT2D eigenvalue weighted by Gasteiger charge is -2.37. The number of imidazole rings is 1. The maximum absolute atomic E-state index is 6.33. The van der Waals surface area contributed by atoms with Crippen molar-refractivity contribution in [3.05, 3.63) is 27.6 Å². The fraction of sp³-hybridized carbons (Fsp3) is 0.533. The molecule has 0 spiro atoms. The molecule has 108 valence electrons. The van der Waals surface area contributed by atoms with Gasteiger partial charge >= 0.3 is 0 Å². The third-order valence-corrected chi connectivity index (χ3v) is 4.74. The van der Waals surface area contributed by atoms with E-state index in [2.05, 4.69) is 45.4 Å². The number of hydrogen-bond donors (Lipinski definition) is 0. The molecule has 3 nitrogen and oxygen atoms in total. The summed E-state index contributed by atoms with van der Waals surface area (Å²) in [6, 6.07) is 6.87. The van der Waals surface area contributed by atoms with E-state index in [4.69, 9.17) is 21.3 Å². The van der Waals surface area contributed by atoms with E-state index in [1.165, 1.54) is 9.09 Å². The van der Waals surface area contributed by atoms with Gasteiger partial charge in [0, 0.05) is 16.2 Å². The van der Waals surface area contributed by atoms with Gasteiger partial charge in [0.05, 0.1) is 22.5 Å². The molecule has 1 aromatic heterocycles. The number of nitrogens with zero attached hydrogens (tertiary/aromatic N) is 2. The molecule has 0 amide bonds. The highest BCUT2D eigenvalue weighted by molar-refractivity contribution is 14.1. The Morgan fingerprint density at radius 3 is 2.90 bits per heavy atom. The van der Waals surface area contributed by atoms with Gasteiger partial charge in [-0.2, -0.15) is 0 Å². The van der Waals surface area contributed by atoms with E-state index in [1.54, 1.807) is 0 Å². The molecule has 2 aromatic rings. The Kier molecular flexibility index (Phi) is 4.24. The van der Waals surface area contributed by atoms with Crippen LogP contribution < -0.4 is 0 Å². The van der Waals surface area contributed by atoms with Crippen molar-refractivity contribution in [1.29, 1.82) is 0 Å². The average molecular weight is 405 g/mol. The minimum absolute atomic E-state index is 0.0776. The SMILES string of the molecule is CCOC1CC(n2c(C(C)Cl)nc3cc(I)ccc32)C1. The summed E-state index contributed by atoms with van der Waals surface area (Å²) in [5, 5.41) is -0.0776. The summed E-state index contributed by atoms with van der Waals surface area (Å²) in [6.07, 6.45) is 2.51. The smallest absolute Gasteiger partial charge is 0.127 e. The van der Waals surface area contributed by atoms with E-state index in [0.717, 1.165) is 30.8 Å². The van der Waals surface area contributed by atoms with Gasteiger partial charge in [0.25, 0.3) is 0 Å². The van der Waals surface area contributed by atoms with Crippen LogP contribution in [0.15, 0.2) is 18.2 Å². The summed E-state index contributed by atoms with van der Waals surface area (Å²) in [5.74, 6) is 0.976. The lowest BCUT2D eigenvalue weighted by molar-refractivity contribution is -0.0193. The van der Waals surface area contributed by atoms with Crippen LogP contribution in [0.25, 0.3) is 11.0 Å². The van der Waals surface area contributed by atoms with Crippen molar-refractivity contribution in [2.75, 3.05) is 6.61 Å². The number of ether oxygens (including phenoxy) is 1. The van der Waals surface area contributed by atoms with Crippen molar-refractivity contribution in [2.24, 2.45) is 0 Å².